The minimum atomic E-state index is 0.111. The summed E-state index contributed by atoms with van der Waals surface area (Å²) in [6.07, 6.45) is 1.73. The first-order valence-electron chi connectivity index (χ1n) is 6.62. The highest BCUT2D eigenvalue weighted by Crippen LogP contribution is 2.18. The predicted molar refractivity (Wildman–Crippen MR) is 82.2 cm³/mol. The topological polar surface area (TPSA) is 43.8 Å². The molecular formula is C15H20BrN3. The summed E-state index contributed by atoms with van der Waals surface area (Å²) in [5.74, 6) is 0. The molecule has 0 aliphatic heterocycles. The van der Waals surface area contributed by atoms with Crippen molar-refractivity contribution in [1.29, 1.82) is 0 Å². The molecule has 19 heavy (non-hydrogen) atoms. The first-order chi connectivity index (χ1) is 9.10. The minimum Gasteiger partial charge on any atom is -0.327 e. The van der Waals surface area contributed by atoms with Crippen molar-refractivity contribution in [2.24, 2.45) is 5.73 Å². The van der Waals surface area contributed by atoms with Crippen LogP contribution in [0.1, 0.15) is 23.9 Å². The van der Waals surface area contributed by atoms with Gasteiger partial charge in [-0.05, 0) is 38.0 Å². The van der Waals surface area contributed by atoms with Crippen molar-refractivity contribution in [3.8, 4) is 0 Å². The Morgan fingerprint density at radius 1 is 1.32 bits per heavy atom. The van der Waals surface area contributed by atoms with Crippen LogP contribution in [0.5, 0.6) is 0 Å². The van der Waals surface area contributed by atoms with Gasteiger partial charge in [0.1, 0.15) is 0 Å². The van der Waals surface area contributed by atoms with E-state index in [0.717, 1.165) is 29.6 Å². The van der Waals surface area contributed by atoms with E-state index in [1.807, 2.05) is 23.7 Å². The number of nitrogens with two attached hydrogens (primary N) is 1. The van der Waals surface area contributed by atoms with Gasteiger partial charge in [0, 0.05) is 29.2 Å². The second-order valence-corrected chi connectivity index (χ2v) is 5.71. The number of aryl methyl sites for hydroxylation is 2. The van der Waals surface area contributed by atoms with E-state index in [0.29, 0.717) is 0 Å². The molecule has 0 spiro atoms. The van der Waals surface area contributed by atoms with Crippen LogP contribution in [-0.2, 0) is 19.4 Å². The second kappa shape index (κ2) is 6.35. The molecule has 1 aromatic heterocycles. The van der Waals surface area contributed by atoms with Crippen LogP contribution in [0.4, 0.5) is 0 Å². The van der Waals surface area contributed by atoms with E-state index in [4.69, 9.17) is 5.73 Å². The number of nitrogens with zero attached hydrogens (tertiary/aromatic N) is 2. The first kappa shape index (κ1) is 14.3. The highest BCUT2D eigenvalue weighted by Gasteiger charge is 2.11. The minimum absolute atomic E-state index is 0.111. The summed E-state index contributed by atoms with van der Waals surface area (Å²) in [4.78, 5) is 0. The molecule has 4 heteroatoms. The number of benzene rings is 1. The Balaban J connectivity index is 2.05. The van der Waals surface area contributed by atoms with Crippen LogP contribution in [0.25, 0.3) is 0 Å². The van der Waals surface area contributed by atoms with Crippen LogP contribution in [-0.4, -0.2) is 15.8 Å². The number of hydrogen-bond donors (Lipinski definition) is 1. The van der Waals surface area contributed by atoms with Crippen LogP contribution in [0.15, 0.2) is 34.8 Å². The molecule has 2 rings (SSSR count). The van der Waals surface area contributed by atoms with Crippen LogP contribution in [0.2, 0.25) is 0 Å². The van der Waals surface area contributed by atoms with E-state index >= 15 is 0 Å². The van der Waals surface area contributed by atoms with Gasteiger partial charge in [-0.15, -0.1) is 0 Å². The lowest BCUT2D eigenvalue weighted by Gasteiger charge is -2.13. The van der Waals surface area contributed by atoms with Crippen molar-refractivity contribution in [3.63, 3.8) is 0 Å². The molecule has 2 N–H and O–H groups in total. The predicted octanol–water partition coefficient (Wildman–Crippen LogP) is 3.09. The lowest BCUT2D eigenvalue weighted by atomic mass is 10.0. The molecule has 102 valence electrons. The molecule has 1 atom stereocenters. The van der Waals surface area contributed by atoms with E-state index in [-0.39, 0.29) is 6.04 Å². The average molecular weight is 322 g/mol. The molecule has 0 amide bonds. The lowest BCUT2D eigenvalue weighted by Crippen LogP contribution is -2.27. The Kier molecular flexibility index (Phi) is 4.77. The summed E-state index contributed by atoms with van der Waals surface area (Å²) in [7, 11) is 0. The summed E-state index contributed by atoms with van der Waals surface area (Å²) in [5, 5.41) is 4.46. The molecule has 3 nitrogen and oxygen atoms in total. The second-order valence-electron chi connectivity index (χ2n) is 4.85. The Morgan fingerprint density at radius 2 is 2.05 bits per heavy atom. The fourth-order valence-electron chi connectivity index (χ4n) is 2.32. The van der Waals surface area contributed by atoms with Crippen LogP contribution < -0.4 is 5.73 Å². The van der Waals surface area contributed by atoms with Gasteiger partial charge in [-0.2, -0.15) is 5.10 Å². The molecule has 0 saturated carbocycles. The van der Waals surface area contributed by atoms with Gasteiger partial charge in [-0.25, -0.2) is 0 Å². The Bertz CT molecular complexity index is 548. The standard InChI is InChI=1S/C15H20BrN3/c1-3-19-14(8-11(2)18-19)10-13(17)9-12-6-4-5-7-15(12)16/h4-8,13H,3,9-10,17H2,1-2H3. The maximum Gasteiger partial charge on any atom is 0.0596 e. The zero-order valence-corrected chi connectivity index (χ0v) is 13.0. The van der Waals surface area contributed by atoms with Crippen molar-refractivity contribution >= 4 is 15.9 Å². The third-order valence-electron chi connectivity index (χ3n) is 3.20. The number of halogens is 1. The van der Waals surface area contributed by atoms with Gasteiger partial charge in [0.05, 0.1) is 5.69 Å². The van der Waals surface area contributed by atoms with Gasteiger partial charge < -0.3 is 5.73 Å². The van der Waals surface area contributed by atoms with Gasteiger partial charge in [0.15, 0.2) is 0 Å². The summed E-state index contributed by atoms with van der Waals surface area (Å²) in [6, 6.07) is 10.5. The van der Waals surface area contributed by atoms with E-state index in [9.17, 15) is 0 Å². The van der Waals surface area contributed by atoms with Gasteiger partial charge >= 0.3 is 0 Å². The van der Waals surface area contributed by atoms with Crippen molar-refractivity contribution < 1.29 is 0 Å². The van der Waals surface area contributed by atoms with Crippen molar-refractivity contribution in [2.45, 2.75) is 39.3 Å². The molecule has 0 radical (unpaired) electrons. The highest BCUT2D eigenvalue weighted by atomic mass is 79.9. The van der Waals surface area contributed by atoms with Gasteiger partial charge in [0.2, 0.25) is 0 Å². The normalized spacial score (nSPS) is 12.6. The highest BCUT2D eigenvalue weighted by molar-refractivity contribution is 9.10. The van der Waals surface area contributed by atoms with Crippen LogP contribution in [0.3, 0.4) is 0 Å². The van der Waals surface area contributed by atoms with E-state index in [2.05, 4.69) is 46.2 Å². The molecule has 2 aromatic rings. The van der Waals surface area contributed by atoms with E-state index < -0.39 is 0 Å². The third kappa shape index (κ3) is 3.67. The Morgan fingerprint density at radius 3 is 2.74 bits per heavy atom. The molecule has 1 aromatic carbocycles. The quantitative estimate of drug-likeness (QED) is 0.919. The summed E-state index contributed by atoms with van der Waals surface area (Å²) < 4.78 is 3.17. The average Bonchev–Trinajstić information content (AvgIpc) is 2.72. The van der Waals surface area contributed by atoms with Crippen molar-refractivity contribution in [3.05, 3.63) is 51.8 Å². The lowest BCUT2D eigenvalue weighted by molar-refractivity contribution is 0.574. The number of hydrogen-bond acceptors (Lipinski definition) is 2. The van der Waals surface area contributed by atoms with E-state index in [1.54, 1.807) is 0 Å². The summed E-state index contributed by atoms with van der Waals surface area (Å²) >= 11 is 3.57. The molecule has 0 bridgehead atoms. The number of aromatic nitrogens is 2. The third-order valence-corrected chi connectivity index (χ3v) is 3.97. The zero-order chi connectivity index (χ0) is 13.8. The monoisotopic (exact) mass is 321 g/mol. The molecule has 1 heterocycles. The van der Waals surface area contributed by atoms with Gasteiger partial charge in [-0.1, -0.05) is 34.1 Å². The van der Waals surface area contributed by atoms with Gasteiger partial charge in [-0.3, -0.25) is 4.68 Å². The summed E-state index contributed by atoms with van der Waals surface area (Å²) in [5.41, 5.74) is 9.82. The Hall–Kier alpha value is -1.13. The van der Waals surface area contributed by atoms with Crippen molar-refractivity contribution in [2.75, 3.05) is 0 Å². The smallest absolute Gasteiger partial charge is 0.0596 e. The van der Waals surface area contributed by atoms with Crippen LogP contribution >= 0.6 is 15.9 Å². The molecular weight excluding hydrogens is 302 g/mol. The maximum atomic E-state index is 6.28. The SMILES string of the molecule is CCn1nc(C)cc1CC(N)Cc1ccccc1Br. The first-order valence-corrected chi connectivity index (χ1v) is 7.41. The van der Waals surface area contributed by atoms with E-state index in [1.165, 1.54) is 11.3 Å². The fourth-order valence-corrected chi connectivity index (χ4v) is 2.77. The largest absolute Gasteiger partial charge is 0.327 e. The zero-order valence-electron chi connectivity index (χ0n) is 11.4. The molecule has 0 saturated heterocycles. The summed E-state index contributed by atoms with van der Waals surface area (Å²) in [6.45, 7) is 5.02. The number of rotatable bonds is 5. The van der Waals surface area contributed by atoms with Gasteiger partial charge in [0.25, 0.3) is 0 Å². The Labute approximate surface area is 122 Å². The molecule has 0 fully saturated rings. The molecule has 1 unspecified atom stereocenters. The molecule has 0 aliphatic rings. The van der Waals surface area contributed by atoms with Crippen LogP contribution in [0, 0.1) is 6.92 Å². The van der Waals surface area contributed by atoms with Crippen molar-refractivity contribution in [1.82, 2.24) is 9.78 Å². The maximum absolute atomic E-state index is 6.28. The fraction of sp³-hybridized carbons (Fsp3) is 0.400. The molecule has 0 aliphatic carbocycles.